The third kappa shape index (κ3) is 1.69. The van der Waals surface area contributed by atoms with Crippen LogP contribution in [0.1, 0.15) is 26.3 Å². The van der Waals surface area contributed by atoms with E-state index in [0.717, 1.165) is 17.8 Å². The standard InChI is InChI=1S/C12H16N2O/c1-4-8-5-6-9-10(7-8)13-11(15)12(2,3)14-9/h5-7,14H,4H2,1-3H3,(H,13,15). The number of carbonyl (C=O) groups is 1. The van der Waals surface area contributed by atoms with Gasteiger partial charge in [0.25, 0.3) is 0 Å². The number of hydrogen-bond donors (Lipinski definition) is 2. The number of hydrogen-bond acceptors (Lipinski definition) is 2. The van der Waals surface area contributed by atoms with E-state index in [4.69, 9.17) is 0 Å². The van der Waals surface area contributed by atoms with Crippen LogP contribution in [0.4, 0.5) is 11.4 Å². The highest BCUT2D eigenvalue weighted by atomic mass is 16.2. The highest BCUT2D eigenvalue weighted by Crippen LogP contribution is 2.31. The Balaban J connectivity index is 2.41. The average Bonchev–Trinajstić information content (AvgIpc) is 2.19. The molecule has 0 atom stereocenters. The Morgan fingerprint density at radius 2 is 2.00 bits per heavy atom. The molecule has 0 spiro atoms. The van der Waals surface area contributed by atoms with Gasteiger partial charge >= 0.3 is 0 Å². The van der Waals surface area contributed by atoms with Crippen molar-refractivity contribution >= 4 is 17.3 Å². The fraction of sp³-hybridized carbons (Fsp3) is 0.417. The van der Waals surface area contributed by atoms with Crippen LogP contribution in [0.2, 0.25) is 0 Å². The summed E-state index contributed by atoms with van der Waals surface area (Å²) in [6.07, 6.45) is 0.979. The zero-order chi connectivity index (χ0) is 11.1. The summed E-state index contributed by atoms with van der Waals surface area (Å²) in [7, 11) is 0. The van der Waals surface area contributed by atoms with Crippen molar-refractivity contribution < 1.29 is 4.79 Å². The van der Waals surface area contributed by atoms with E-state index in [-0.39, 0.29) is 5.91 Å². The molecule has 1 heterocycles. The lowest BCUT2D eigenvalue weighted by Crippen LogP contribution is -2.47. The molecule has 1 aliphatic rings. The van der Waals surface area contributed by atoms with Gasteiger partial charge in [-0.2, -0.15) is 0 Å². The van der Waals surface area contributed by atoms with Crippen molar-refractivity contribution in [2.24, 2.45) is 0 Å². The van der Waals surface area contributed by atoms with E-state index < -0.39 is 5.54 Å². The highest BCUT2D eigenvalue weighted by Gasteiger charge is 2.32. The molecule has 3 heteroatoms. The van der Waals surface area contributed by atoms with Crippen molar-refractivity contribution in [2.75, 3.05) is 10.6 Å². The molecular weight excluding hydrogens is 188 g/mol. The second-order valence-electron chi connectivity index (χ2n) is 4.44. The van der Waals surface area contributed by atoms with E-state index in [1.165, 1.54) is 5.56 Å². The summed E-state index contributed by atoms with van der Waals surface area (Å²) in [5.41, 5.74) is 2.59. The van der Waals surface area contributed by atoms with Crippen LogP contribution in [-0.4, -0.2) is 11.4 Å². The van der Waals surface area contributed by atoms with Gasteiger partial charge < -0.3 is 10.6 Å². The van der Waals surface area contributed by atoms with Crippen molar-refractivity contribution in [1.29, 1.82) is 0 Å². The Labute approximate surface area is 89.9 Å². The second kappa shape index (κ2) is 3.26. The van der Waals surface area contributed by atoms with E-state index in [0.29, 0.717) is 0 Å². The minimum Gasteiger partial charge on any atom is -0.370 e. The number of amides is 1. The van der Waals surface area contributed by atoms with Crippen LogP contribution in [0.5, 0.6) is 0 Å². The summed E-state index contributed by atoms with van der Waals surface area (Å²) in [5, 5.41) is 6.15. The maximum Gasteiger partial charge on any atom is 0.249 e. The van der Waals surface area contributed by atoms with Crippen LogP contribution in [0.15, 0.2) is 18.2 Å². The lowest BCUT2D eigenvalue weighted by molar-refractivity contribution is -0.119. The summed E-state index contributed by atoms with van der Waals surface area (Å²) in [6.45, 7) is 5.85. The maximum atomic E-state index is 11.7. The van der Waals surface area contributed by atoms with E-state index >= 15 is 0 Å². The molecule has 0 saturated carbocycles. The number of carbonyl (C=O) groups excluding carboxylic acids is 1. The number of nitrogens with one attached hydrogen (secondary N) is 2. The number of rotatable bonds is 1. The third-order valence-corrected chi connectivity index (χ3v) is 2.76. The van der Waals surface area contributed by atoms with Gasteiger partial charge in [-0.05, 0) is 38.0 Å². The van der Waals surface area contributed by atoms with Crippen LogP contribution >= 0.6 is 0 Å². The van der Waals surface area contributed by atoms with Crippen molar-refractivity contribution in [2.45, 2.75) is 32.7 Å². The van der Waals surface area contributed by atoms with E-state index in [2.05, 4.69) is 23.6 Å². The summed E-state index contributed by atoms with van der Waals surface area (Å²) in [4.78, 5) is 11.7. The maximum absolute atomic E-state index is 11.7. The van der Waals surface area contributed by atoms with Crippen molar-refractivity contribution in [3.63, 3.8) is 0 Å². The zero-order valence-electron chi connectivity index (χ0n) is 9.35. The lowest BCUT2D eigenvalue weighted by atomic mass is 9.99. The van der Waals surface area contributed by atoms with Crippen molar-refractivity contribution in [3.8, 4) is 0 Å². The zero-order valence-corrected chi connectivity index (χ0v) is 9.35. The van der Waals surface area contributed by atoms with Crippen LogP contribution < -0.4 is 10.6 Å². The van der Waals surface area contributed by atoms with Crippen molar-refractivity contribution in [1.82, 2.24) is 0 Å². The first kappa shape index (κ1) is 10.0. The topological polar surface area (TPSA) is 41.1 Å². The summed E-state index contributed by atoms with van der Waals surface area (Å²) in [5.74, 6) is 0.0169. The smallest absolute Gasteiger partial charge is 0.249 e. The summed E-state index contributed by atoms with van der Waals surface area (Å²) in [6, 6.07) is 6.13. The monoisotopic (exact) mass is 204 g/mol. The molecular formula is C12H16N2O. The minimum absolute atomic E-state index is 0.0169. The van der Waals surface area contributed by atoms with Gasteiger partial charge in [0, 0.05) is 0 Å². The SMILES string of the molecule is CCc1ccc2c(c1)NC(=O)C(C)(C)N2. The fourth-order valence-electron chi connectivity index (χ4n) is 1.70. The lowest BCUT2D eigenvalue weighted by Gasteiger charge is -2.32. The summed E-state index contributed by atoms with van der Waals surface area (Å²) < 4.78 is 0. The average molecular weight is 204 g/mol. The first-order valence-corrected chi connectivity index (χ1v) is 5.25. The molecule has 1 amide bonds. The van der Waals surface area contributed by atoms with Gasteiger partial charge in [0.2, 0.25) is 5.91 Å². The highest BCUT2D eigenvalue weighted by molar-refractivity contribution is 6.05. The molecule has 1 aromatic rings. The van der Waals surface area contributed by atoms with Gasteiger partial charge in [-0.15, -0.1) is 0 Å². The Kier molecular flexibility index (Phi) is 2.18. The largest absolute Gasteiger partial charge is 0.370 e. The molecule has 0 aliphatic carbocycles. The van der Waals surface area contributed by atoms with Crippen LogP contribution in [0, 0.1) is 0 Å². The Hall–Kier alpha value is -1.51. The van der Waals surface area contributed by atoms with Gasteiger partial charge in [0.1, 0.15) is 5.54 Å². The van der Waals surface area contributed by atoms with Crippen LogP contribution in [-0.2, 0) is 11.2 Å². The molecule has 0 radical (unpaired) electrons. The van der Waals surface area contributed by atoms with E-state index in [9.17, 15) is 4.79 Å². The molecule has 80 valence electrons. The first-order valence-electron chi connectivity index (χ1n) is 5.25. The molecule has 0 fully saturated rings. The number of anilines is 2. The second-order valence-corrected chi connectivity index (χ2v) is 4.44. The van der Waals surface area contributed by atoms with Gasteiger partial charge in [-0.3, -0.25) is 4.79 Å². The van der Waals surface area contributed by atoms with Crippen molar-refractivity contribution in [3.05, 3.63) is 23.8 Å². The molecule has 15 heavy (non-hydrogen) atoms. The Morgan fingerprint density at radius 3 is 2.67 bits per heavy atom. The summed E-state index contributed by atoms with van der Waals surface area (Å²) >= 11 is 0. The molecule has 0 aromatic heterocycles. The molecule has 0 bridgehead atoms. The quantitative estimate of drug-likeness (QED) is 0.737. The van der Waals surface area contributed by atoms with Crippen LogP contribution in [0.25, 0.3) is 0 Å². The van der Waals surface area contributed by atoms with Gasteiger partial charge in [0.05, 0.1) is 11.4 Å². The number of benzene rings is 1. The first-order chi connectivity index (χ1) is 7.03. The molecule has 3 nitrogen and oxygen atoms in total. The van der Waals surface area contributed by atoms with Gasteiger partial charge in [-0.1, -0.05) is 13.0 Å². The Morgan fingerprint density at radius 1 is 1.27 bits per heavy atom. The molecule has 2 N–H and O–H groups in total. The van der Waals surface area contributed by atoms with Gasteiger partial charge in [-0.25, -0.2) is 0 Å². The van der Waals surface area contributed by atoms with E-state index in [1.54, 1.807) is 0 Å². The van der Waals surface area contributed by atoms with Crippen LogP contribution in [0.3, 0.4) is 0 Å². The predicted octanol–water partition coefficient (Wildman–Crippen LogP) is 2.39. The normalized spacial score (nSPS) is 17.7. The third-order valence-electron chi connectivity index (χ3n) is 2.76. The van der Waals surface area contributed by atoms with Gasteiger partial charge in [0.15, 0.2) is 0 Å². The molecule has 0 unspecified atom stereocenters. The molecule has 0 saturated heterocycles. The Bertz CT molecular complexity index is 410. The van der Waals surface area contributed by atoms with E-state index in [1.807, 2.05) is 26.0 Å². The number of fused-ring (bicyclic) bond motifs is 1. The minimum atomic E-state index is -0.527. The molecule has 1 aromatic carbocycles. The fourth-order valence-corrected chi connectivity index (χ4v) is 1.70. The molecule has 2 rings (SSSR count). The molecule has 1 aliphatic heterocycles. The predicted molar refractivity (Wildman–Crippen MR) is 62.2 cm³/mol. The number of aryl methyl sites for hydroxylation is 1.